The second-order valence-corrected chi connectivity index (χ2v) is 11.4. The molecule has 0 aliphatic heterocycles. The van der Waals surface area contributed by atoms with Gasteiger partial charge in [0.15, 0.2) is 0 Å². The predicted molar refractivity (Wildman–Crippen MR) is 145 cm³/mol. The van der Waals surface area contributed by atoms with Gasteiger partial charge >= 0.3 is 0 Å². The van der Waals surface area contributed by atoms with Gasteiger partial charge in [-0.25, -0.2) is 0 Å². The van der Waals surface area contributed by atoms with Crippen molar-refractivity contribution < 1.29 is 0 Å². The molecule has 3 aliphatic rings. The fourth-order valence-corrected chi connectivity index (χ4v) is 7.98. The largest absolute Gasteiger partial charge is 0.256 e. The lowest BCUT2D eigenvalue weighted by Gasteiger charge is -2.42. The summed E-state index contributed by atoms with van der Waals surface area (Å²) in [6, 6.07) is 28.9. The van der Waals surface area contributed by atoms with Gasteiger partial charge in [-0.3, -0.25) is 4.98 Å². The highest BCUT2D eigenvalue weighted by molar-refractivity contribution is 7.26. The second kappa shape index (κ2) is 8.36. The first-order valence-corrected chi connectivity index (χ1v) is 13.6. The normalized spacial score (nSPS) is 21.9. The topological polar surface area (TPSA) is 12.9 Å². The van der Waals surface area contributed by atoms with Crippen LogP contribution in [0.1, 0.15) is 37.7 Å². The smallest absolute Gasteiger partial charge is 0.0719 e. The van der Waals surface area contributed by atoms with Gasteiger partial charge in [0.1, 0.15) is 0 Å². The summed E-state index contributed by atoms with van der Waals surface area (Å²) in [4.78, 5) is 4.86. The van der Waals surface area contributed by atoms with E-state index in [4.69, 9.17) is 4.98 Å². The second-order valence-electron chi connectivity index (χ2n) is 10.4. The first-order valence-electron chi connectivity index (χ1n) is 12.8. The lowest BCUT2D eigenvalue weighted by Crippen LogP contribution is -2.32. The molecule has 1 nitrogen and oxygen atoms in total. The average molecular weight is 460 g/mol. The van der Waals surface area contributed by atoms with Crippen LogP contribution < -0.4 is 0 Å². The Morgan fingerprint density at radius 1 is 0.794 bits per heavy atom. The van der Waals surface area contributed by atoms with Crippen molar-refractivity contribution in [3.05, 3.63) is 90.6 Å². The minimum atomic E-state index is 0.872. The molecule has 34 heavy (non-hydrogen) atoms. The summed E-state index contributed by atoms with van der Waals surface area (Å²) >= 11 is 1.90. The van der Waals surface area contributed by atoms with Crippen LogP contribution >= 0.6 is 11.3 Å². The summed E-state index contributed by atoms with van der Waals surface area (Å²) < 4.78 is 2.69. The summed E-state index contributed by atoms with van der Waals surface area (Å²) in [6.45, 7) is 0. The molecule has 168 valence electrons. The van der Waals surface area contributed by atoms with Crippen LogP contribution in [-0.4, -0.2) is 4.98 Å². The molecule has 0 amide bonds. The summed E-state index contributed by atoms with van der Waals surface area (Å²) in [7, 11) is 0. The molecular weight excluding hydrogens is 430 g/mol. The number of fused-ring (bicyclic) bond motifs is 6. The Morgan fingerprint density at radius 3 is 2.44 bits per heavy atom. The number of benzene rings is 3. The standard InChI is InChI=1S/C32H29NS/c1-2-6-24(7-3-1)26-8-5-11-30-31(26)28-10-4-9-27(32(28)34-30)29-20-22(16-17-33-29)19-25-18-21-12-14-23(25)15-13-21/h1-11,16-17,20-21,23,25H,12-15,18-19H2. The minimum Gasteiger partial charge on any atom is -0.256 e. The van der Waals surface area contributed by atoms with Crippen molar-refractivity contribution >= 4 is 31.5 Å². The molecule has 2 heterocycles. The van der Waals surface area contributed by atoms with Gasteiger partial charge in [0.25, 0.3) is 0 Å². The van der Waals surface area contributed by atoms with Crippen LogP contribution in [-0.2, 0) is 6.42 Å². The molecule has 2 bridgehead atoms. The molecule has 0 saturated heterocycles. The molecule has 3 saturated carbocycles. The number of nitrogens with zero attached hydrogens (tertiary/aromatic N) is 1. The summed E-state index contributed by atoms with van der Waals surface area (Å²) in [6.07, 6.45) is 10.6. The van der Waals surface area contributed by atoms with E-state index in [9.17, 15) is 0 Å². The fourth-order valence-electron chi connectivity index (χ4n) is 6.73. The van der Waals surface area contributed by atoms with Gasteiger partial charge < -0.3 is 0 Å². The van der Waals surface area contributed by atoms with Crippen LogP contribution in [0.3, 0.4) is 0 Å². The Labute approximate surface area is 205 Å². The van der Waals surface area contributed by atoms with Crippen LogP contribution in [0.25, 0.3) is 42.6 Å². The zero-order valence-electron chi connectivity index (χ0n) is 19.4. The van der Waals surface area contributed by atoms with E-state index in [1.54, 1.807) is 0 Å². The molecule has 1 unspecified atom stereocenters. The number of rotatable bonds is 4. The Hall–Kier alpha value is -2.97. The zero-order chi connectivity index (χ0) is 22.5. The molecule has 5 aromatic rings. The SMILES string of the molecule is c1ccc(-c2cccc3sc4c(-c5cc(CC6CC7CCC6CC7)ccn5)cccc4c23)cc1. The molecule has 3 fully saturated rings. The van der Waals surface area contributed by atoms with Crippen LogP contribution in [0.5, 0.6) is 0 Å². The van der Waals surface area contributed by atoms with Crippen molar-refractivity contribution in [1.82, 2.24) is 4.98 Å². The van der Waals surface area contributed by atoms with Crippen molar-refractivity contribution in [1.29, 1.82) is 0 Å². The number of hydrogen-bond donors (Lipinski definition) is 0. The van der Waals surface area contributed by atoms with Gasteiger partial charge in [-0.15, -0.1) is 11.3 Å². The lowest BCUT2D eigenvalue weighted by atomic mass is 9.63. The predicted octanol–water partition coefficient (Wildman–Crippen LogP) is 9.15. The molecule has 8 rings (SSSR count). The van der Waals surface area contributed by atoms with Crippen LogP contribution in [0.15, 0.2) is 85.1 Å². The van der Waals surface area contributed by atoms with Crippen molar-refractivity contribution in [2.75, 3.05) is 0 Å². The van der Waals surface area contributed by atoms with E-state index in [1.165, 1.54) is 81.0 Å². The summed E-state index contributed by atoms with van der Waals surface area (Å²) in [5, 5.41) is 2.71. The van der Waals surface area contributed by atoms with E-state index >= 15 is 0 Å². The maximum absolute atomic E-state index is 4.86. The molecule has 0 radical (unpaired) electrons. The highest BCUT2D eigenvalue weighted by Gasteiger charge is 2.35. The molecule has 2 heteroatoms. The Morgan fingerprint density at radius 2 is 1.62 bits per heavy atom. The number of hydrogen-bond acceptors (Lipinski definition) is 2. The van der Waals surface area contributed by atoms with E-state index in [2.05, 4.69) is 78.9 Å². The summed E-state index contributed by atoms with van der Waals surface area (Å²) in [5.41, 5.74) is 6.45. The molecule has 3 aliphatic carbocycles. The first-order chi connectivity index (χ1) is 16.8. The number of thiophene rings is 1. The third kappa shape index (κ3) is 3.47. The van der Waals surface area contributed by atoms with Crippen molar-refractivity contribution in [3.8, 4) is 22.4 Å². The number of aromatic nitrogens is 1. The number of pyridine rings is 1. The molecule has 0 N–H and O–H groups in total. The van der Waals surface area contributed by atoms with Crippen molar-refractivity contribution in [2.45, 2.75) is 38.5 Å². The average Bonchev–Trinajstić information content (AvgIpc) is 3.29. The zero-order valence-corrected chi connectivity index (χ0v) is 20.2. The van der Waals surface area contributed by atoms with Gasteiger partial charge in [0.2, 0.25) is 0 Å². The van der Waals surface area contributed by atoms with Crippen LogP contribution in [0.4, 0.5) is 0 Å². The van der Waals surface area contributed by atoms with Crippen LogP contribution in [0, 0.1) is 17.8 Å². The van der Waals surface area contributed by atoms with E-state index in [0.717, 1.165) is 23.4 Å². The van der Waals surface area contributed by atoms with E-state index in [1.807, 2.05) is 17.5 Å². The van der Waals surface area contributed by atoms with Gasteiger partial charge in [-0.1, -0.05) is 73.5 Å². The van der Waals surface area contributed by atoms with E-state index in [-0.39, 0.29) is 0 Å². The highest BCUT2D eigenvalue weighted by atomic mass is 32.1. The fraction of sp³-hybridized carbons (Fsp3) is 0.281. The lowest BCUT2D eigenvalue weighted by molar-refractivity contribution is 0.0991. The maximum atomic E-state index is 4.86. The quantitative estimate of drug-likeness (QED) is 0.261. The van der Waals surface area contributed by atoms with E-state index in [0.29, 0.717) is 0 Å². The third-order valence-electron chi connectivity index (χ3n) is 8.40. The van der Waals surface area contributed by atoms with Gasteiger partial charge in [-0.2, -0.15) is 0 Å². The van der Waals surface area contributed by atoms with Crippen molar-refractivity contribution in [2.24, 2.45) is 17.8 Å². The minimum absolute atomic E-state index is 0.872. The Kier molecular flexibility index (Phi) is 5.02. The van der Waals surface area contributed by atoms with Crippen LogP contribution in [0.2, 0.25) is 0 Å². The highest BCUT2D eigenvalue weighted by Crippen LogP contribution is 2.47. The monoisotopic (exact) mass is 459 g/mol. The van der Waals surface area contributed by atoms with Gasteiger partial charge in [0, 0.05) is 31.9 Å². The summed E-state index contributed by atoms with van der Waals surface area (Å²) in [5.74, 6) is 2.81. The van der Waals surface area contributed by atoms with Crippen molar-refractivity contribution in [3.63, 3.8) is 0 Å². The Balaban J connectivity index is 1.31. The molecule has 0 spiro atoms. The van der Waals surface area contributed by atoms with Gasteiger partial charge in [-0.05, 0) is 78.3 Å². The molecule has 2 aromatic heterocycles. The van der Waals surface area contributed by atoms with Gasteiger partial charge in [0.05, 0.1) is 5.69 Å². The van der Waals surface area contributed by atoms with E-state index < -0.39 is 0 Å². The first kappa shape index (κ1) is 20.4. The molecule has 3 aromatic carbocycles. The molecular formula is C32H29NS. The third-order valence-corrected chi connectivity index (χ3v) is 9.60. The Bertz CT molecular complexity index is 1470. The maximum Gasteiger partial charge on any atom is 0.0719 e. The molecule has 1 atom stereocenters.